The number of nitrogens with two attached hydrogens (primary N) is 1. The van der Waals surface area contributed by atoms with Gasteiger partial charge < -0.3 is 15.8 Å². The summed E-state index contributed by atoms with van der Waals surface area (Å²) in [6, 6.07) is 7.31. The summed E-state index contributed by atoms with van der Waals surface area (Å²) >= 11 is 0. The van der Waals surface area contributed by atoms with E-state index in [9.17, 15) is 0 Å². The molecule has 0 aromatic carbocycles. The highest BCUT2D eigenvalue weighted by molar-refractivity contribution is 5.61. The highest BCUT2D eigenvalue weighted by Crippen LogP contribution is 2.18. The zero-order chi connectivity index (χ0) is 12.1. The maximum atomic E-state index is 5.59. The van der Waals surface area contributed by atoms with Gasteiger partial charge in [-0.3, -0.25) is 0 Å². The molecule has 0 saturated heterocycles. The molecule has 2 aromatic heterocycles. The molecule has 0 spiro atoms. The van der Waals surface area contributed by atoms with Gasteiger partial charge >= 0.3 is 0 Å². The second-order valence-corrected chi connectivity index (χ2v) is 3.41. The summed E-state index contributed by atoms with van der Waals surface area (Å²) in [4.78, 5) is 8.08. The van der Waals surface area contributed by atoms with Crippen LogP contribution in [0.3, 0.4) is 0 Å². The van der Waals surface area contributed by atoms with Gasteiger partial charge in [-0.15, -0.1) is 0 Å². The Kier molecular flexibility index (Phi) is 3.40. The summed E-state index contributed by atoms with van der Waals surface area (Å²) in [6.45, 7) is 2.54. The lowest BCUT2D eigenvalue weighted by Gasteiger charge is -2.07. The number of nitrogens with one attached hydrogen (secondary N) is 1. The van der Waals surface area contributed by atoms with Crippen LogP contribution in [0, 0.1) is 0 Å². The van der Waals surface area contributed by atoms with Crippen LogP contribution in [0.5, 0.6) is 5.88 Å². The number of nitrogen functional groups attached to an aromatic ring is 1. The number of hydrogen-bond donors (Lipinski definition) is 2. The molecule has 0 bridgehead atoms. The minimum atomic E-state index is 0.480. The SMILES string of the molecule is CCOc1ccc(Nc2ccnc(N)c2)cn1. The molecule has 0 unspecified atom stereocenters. The maximum Gasteiger partial charge on any atom is 0.213 e. The molecule has 0 aliphatic heterocycles. The van der Waals surface area contributed by atoms with Crippen molar-refractivity contribution in [2.45, 2.75) is 6.92 Å². The number of hydrogen-bond acceptors (Lipinski definition) is 5. The molecule has 88 valence electrons. The van der Waals surface area contributed by atoms with E-state index in [0.29, 0.717) is 18.3 Å². The predicted octanol–water partition coefficient (Wildman–Crippen LogP) is 2.20. The third kappa shape index (κ3) is 3.07. The van der Waals surface area contributed by atoms with Gasteiger partial charge in [-0.1, -0.05) is 0 Å². The summed E-state index contributed by atoms with van der Waals surface area (Å²) in [5.41, 5.74) is 7.34. The number of pyridine rings is 2. The van der Waals surface area contributed by atoms with Crippen molar-refractivity contribution in [1.82, 2.24) is 9.97 Å². The molecule has 0 saturated carbocycles. The first-order valence-corrected chi connectivity index (χ1v) is 5.35. The van der Waals surface area contributed by atoms with Gasteiger partial charge in [-0.2, -0.15) is 0 Å². The molecule has 2 rings (SSSR count). The van der Waals surface area contributed by atoms with Crippen LogP contribution >= 0.6 is 0 Å². The van der Waals surface area contributed by atoms with Crippen LogP contribution in [0.25, 0.3) is 0 Å². The van der Waals surface area contributed by atoms with E-state index < -0.39 is 0 Å². The van der Waals surface area contributed by atoms with E-state index in [0.717, 1.165) is 11.4 Å². The van der Waals surface area contributed by atoms with E-state index in [4.69, 9.17) is 10.5 Å². The van der Waals surface area contributed by atoms with E-state index >= 15 is 0 Å². The molecular formula is C12H14N4O. The van der Waals surface area contributed by atoms with Crippen molar-refractivity contribution in [3.63, 3.8) is 0 Å². The molecule has 5 heteroatoms. The summed E-state index contributed by atoms with van der Waals surface area (Å²) in [5.74, 6) is 1.10. The first kappa shape index (κ1) is 11.2. The van der Waals surface area contributed by atoms with Crippen molar-refractivity contribution in [3.8, 4) is 5.88 Å². The molecule has 17 heavy (non-hydrogen) atoms. The molecule has 0 radical (unpaired) electrons. The van der Waals surface area contributed by atoms with Gasteiger partial charge in [0.1, 0.15) is 5.82 Å². The fourth-order valence-electron chi connectivity index (χ4n) is 1.38. The predicted molar refractivity (Wildman–Crippen MR) is 67.3 cm³/mol. The molecule has 0 fully saturated rings. The van der Waals surface area contributed by atoms with E-state index in [-0.39, 0.29) is 0 Å². The molecule has 0 amide bonds. The van der Waals surface area contributed by atoms with Crippen LogP contribution in [0.1, 0.15) is 6.92 Å². The monoisotopic (exact) mass is 230 g/mol. The Balaban J connectivity index is 2.08. The quantitative estimate of drug-likeness (QED) is 0.842. The van der Waals surface area contributed by atoms with E-state index in [1.54, 1.807) is 18.5 Å². The zero-order valence-electron chi connectivity index (χ0n) is 9.55. The van der Waals surface area contributed by atoms with Gasteiger partial charge in [0.15, 0.2) is 0 Å². The van der Waals surface area contributed by atoms with Crippen LogP contribution in [0.15, 0.2) is 36.7 Å². The Morgan fingerprint density at radius 1 is 1.24 bits per heavy atom. The Bertz CT molecular complexity index is 484. The summed E-state index contributed by atoms with van der Waals surface area (Å²) in [7, 11) is 0. The van der Waals surface area contributed by atoms with Crippen molar-refractivity contribution in [2.75, 3.05) is 17.7 Å². The number of ether oxygens (including phenoxy) is 1. The first-order chi connectivity index (χ1) is 8.28. The molecule has 0 aliphatic rings. The van der Waals surface area contributed by atoms with Crippen molar-refractivity contribution >= 4 is 17.2 Å². The maximum absolute atomic E-state index is 5.59. The van der Waals surface area contributed by atoms with Crippen LogP contribution in [0.2, 0.25) is 0 Å². The van der Waals surface area contributed by atoms with Crippen LogP contribution in [-0.4, -0.2) is 16.6 Å². The number of aromatic nitrogens is 2. The lowest BCUT2D eigenvalue weighted by atomic mass is 10.3. The Morgan fingerprint density at radius 2 is 2.12 bits per heavy atom. The molecule has 2 heterocycles. The van der Waals surface area contributed by atoms with Crippen LogP contribution in [-0.2, 0) is 0 Å². The number of rotatable bonds is 4. The van der Waals surface area contributed by atoms with Crippen molar-refractivity contribution in [2.24, 2.45) is 0 Å². The van der Waals surface area contributed by atoms with Gasteiger partial charge in [0.25, 0.3) is 0 Å². The minimum absolute atomic E-state index is 0.480. The molecule has 3 N–H and O–H groups in total. The number of anilines is 3. The van der Waals surface area contributed by atoms with Gasteiger partial charge in [-0.05, 0) is 19.1 Å². The van der Waals surface area contributed by atoms with Crippen LogP contribution in [0.4, 0.5) is 17.2 Å². The molecule has 0 atom stereocenters. The van der Waals surface area contributed by atoms with E-state index in [1.807, 2.05) is 25.1 Å². The minimum Gasteiger partial charge on any atom is -0.478 e. The fraction of sp³-hybridized carbons (Fsp3) is 0.167. The van der Waals surface area contributed by atoms with Crippen molar-refractivity contribution < 1.29 is 4.74 Å². The fourth-order valence-corrected chi connectivity index (χ4v) is 1.38. The Labute approximate surface area is 99.7 Å². The molecule has 5 nitrogen and oxygen atoms in total. The number of nitrogens with zero attached hydrogens (tertiary/aromatic N) is 2. The van der Waals surface area contributed by atoms with Crippen molar-refractivity contribution in [3.05, 3.63) is 36.7 Å². The van der Waals surface area contributed by atoms with Gasteiger partial charge in [-0.25, -0.2) is 9.97 Å². The summed E-state index contributed by atoms with van der Waals surface area (Å²) < 4.78 is 5.26. The van der Waals surface area contributed by atoms with Gasteiger partial charge in [0.05, 0.1) is 18.5 Å². The zero-order valence-corrected chi connectivity index (χ0v) is 9.55. The average Bonchev–Trinajstić information content (AvgIpc) is 2.32. The summed E-state index contributed by atoms with van der Waals surface area (Å²) in [5, 5.41) is 3.18. The second kappa shape index (κ2) is 5.16. The molecular weight excluding hydrogens is 216 g/mol. The highest BCUT2D eigenvalue weighted by atomic mass is 16.5. The van der Waals surface area contributed by atoms with Crippen molar-refractivity contribution in [1.29, 1.82) is 0 Å². The normalized spacial score (nSPS) is 9.94. The average molecular weight is 230 g/mol. The third-order valence-corrected chi connectivity index (χ3v) is 2.10. The highest BCUT2D eigenvalue weighted by Gasteiger charge is 1.98. The smallest absolute Gasteiger partial charge is 0.213 e. The van der Waals surface area contributed by atoms with Gasteiger partial charge in [0.2, 0.25) is 5.88 Å². The first-order valence-electron chi connectivity index (χ1n) is 5.35. The lowest BCUT2D eigenvalue weighted by molar-refractivity contribution is 0.327. The standard InChI is InChI=1S/C12H14N4O/c1-2-17-12-4-3-10(8-15-12)16-9-5-6-14-11(13)7-9/h3-8H,2H2,1H3,(H3,13,14,16). The largest absolute Gasteiger partial charge is 0.478 e. The molecule has 0 aliphatic carbocycles. The second-order valence-electron chi connectivity index (χ2n) is 3.41. The van der Waals surface area contributed by atoms with E-state index in [1.165, 1.54) is 0 Å². The summed E-state index contributed by atoms with van der Waals surface area (Å²) in [6.07, 6.45) is 3.36. The Hall–Kier alpha value is -2.30. The van der Waals surface area contributed by atoms with E-state index in [2.05, 4.69) is 15.3 Å². The topological polar surface area (TPSA) is 73.1 Å². The third-order valence-electron chi connectivity index (χ3n) is 2.10. The molecule has 2 aromatic rings. The Morgan fingerprint density at radius 3 is 2.76 bits per heavy atom. The lowest BCUT2D eigenvalue weighted by Crippen LogP contribution is -1.97. The van der Waals surface area contributed by atoms with Crippen LogP contribution < -0.4 is 15.8 Å². The van der Waals surface area contributed by atoms with Gasteiger partial charge in [0, 0.05) is 24.0 Å².